The van der Waals surface area contributed by atoms with Gasteiger partial charge in [0.15, 0.2) is 5.75 Å². The fourth-order valence-electron chi connectivity index (χ4n) is 2.18. The van der Waals surface area contributed by atoms with Gasteiger partial charge in [0.05, 0.1) is 12.1 Å². The predicted molar refractivity (Wildman–Crippen MR) is 81.7 cm³/mol. The van der Waals surface area contributed by atoms with Crippen LogP contribution in [0.5, 0.6) is 5.75 Å². The zero-order valence-electron chi connectivity index (χ0n) is 11.5. The summed E-state index contributed by atoms with van der Waals surface area (Å²) in [5, 5.41) is 3.78. The third kappa shape index (κ3) is 3.27. The van der Waals surface area contributed by atoms with E-state index in [4.69, 9.17) is 21.1 Å². The largest absolute Gasteiger partial charge is 0.489 e. The third-order valence-electron chi connectivity index (χ3n) is 3.40. The number of esters is 1. The normalized spacial score (nSPS) is 18.1. The van der Waals surface area contributed by atoms with Crippen molar-refractivity contribution >= 4 is 33.5 Å². The van der Waals surface area contributed by atoms with E-state index in [0.29, 0.717) is 29.0 Å². The zero-order valence-corrected chi connectivity index (χ0v) is 13.8. The van der Waals surface area contributed by atoms with E-state index in [1.165, 1.54) is 7.11 Å². The Morgan fingerprint density at radius 1 is 1.60 bits per heavy atom. The van der Waals surface area contributed by atoms with Crippen LogP contribution in [0.4, 0.5) is 0 Å². The summed E-state index contributed by atoms with van der Waals surface area (Å²) < 4.78 is 11.3. The van der Waals surface area contributed by atoms with Gasteiger partial charge in [-0.15, -0.1) is 0 Å². The number of hydrogen-bond donors (Lipinski definition) is 1. The third-order valence-corrected chi connectivity index (χ3v) is 4.68. The first kappa shape index (κ1) is 15.6. The van der Waals surface area contributed by atoms with Crippen molar-refractivity contribution in [3.8, 4) is 5.75 Å². The van der Waals surface area contributed by atoms with E-state index >= 15 is 0 Å². The van der Waals surface area contributed by atoms with Crippen LogP contribution in [0.15, 0.2) is 10.5 Å². The lowest BCUT2D eigenvalue weighted by Gasteiger charge is -2.17. The standard InChI is InChI=1S/C14H17BrClNO3/c1-8-11(15)6-10(14(18)19-2)13(12(8)16)20-7-9-4-3-5-17-9/h6,9,17H,3-5,7H2,1-2H3. The van der Waals surface area contributed by atoms with Gasteiger partial charge in [-0.05, 0) is 37.9 Å². The fraction of sp³-hybridized carbons (Fsp3) is 0.500. The molecule has 4 nitrogen and oxygen atoms in total. The second kappa shape index (κ2) is 6.78. The molecule has 0 radical (unpaired) electrons. The minimum absolute atomic E-state index is 0.306. The summed E-state index contributed by atoms with van der Waals surface area (Å²) in [6.45, 7) is 3.37. The van der Waals surface area contributed by atoms with Gasteiger partial charge in [-0.3, -0.25) is 0 Å². The van der Waals surface area contributed by atoms with Crippen LogP contribution in [-0.4, -0.2) is 32.3 Å². The molecule has 1 N–H and O–H groups in total. The van der Waals surface area contributed by atoms with E-state index in [1.807, 2.05) is 6.92 Å². The summed E-state index contributed by atoms with van der Waals surface area (Å²) in [7, 11) is 1.34. The Morgan fingerprint density at radius 2 is 2.35 bits per heavy atom. The lowest BCUT2D eigenvalue weighted by Crippen LogP contribution is -2.28. The topological polar surface area (TPSA) is 47.6 Å². The Kier molecular flexibility index (Phi) is 5.29. The molecule has 1 saturated heterocycles. The number of hydrogen-bond acceptors (Lipinski definition) is 4. The van der Waals surface area contributed by atoms with Crippen LogP contribution >= 0.6 is 27.5 Å². The van der Waals surface area contributed by atoms with Crippen molar-refractivity contribution in [2.75, 3.05) is 20.3 Å². The number of carbonyl (C=O) groups excluding carboxylic acids is 1. The summed E-state index contributed by atoms with van der Waals surface area (Å²) in [5.41, 5.74) is 1.18. The smallest absolute Gasteiger partial charge is 0.341 e. The summed E-state index contributed by atoms with van der Waals surface area (Å²) in [5.74, 6) is -0.0603. The number of benzene rings is 1. The fourth-order valence-corrected chi connectivity index (χ4v) is 2.98. The lowest BCUT2D eigenvalue weighted by atomic mass is 10.1. The van der Waals surface area contributed by atoms with Gasteiger partial charge in [0.25, 0.3) is 0 Å². The quantitative estimate of drug-likeness (QED) is 0.835. The van der Waals surface area contributed by atoms with E-state index in [1.54, 1.807) is 6.07 Å². The highest BCUT2D eigenvalue weighted by Gasteiger charge is 2.22. The van der Waals surface area contributed by atoms with Gasteiger partial charge < -0.3 is 14.8 Å². The second-order valence-electron chi connectivity index (χ2n) is 4.77. The van der Waals surface area contributed by atoms with Crippen LogP contribution in [0.1, 0.15) is 28.8 Å². The number of rotatable bonds is 4. The van der Waals surface area contributed by atoms with Crippen LogP contribution in [0.2, 0.25) is 5.02 Å². The molecule has 20 heavy (non-hydrogen) atoms. The Balaban J connectivity index is 2.28. The highest BCUT2D eigenvalue weighted by molar-refractivity contribution is 9.10. The number of methoxy groups -OCH3 is 1. The maximum absolute atomic E-state index is 11.8. The van der Waals surface area contributed by atoms with Gasteiger partial charge in [-0.1, -0.05) is 27.5 Å². The van der Waals surface area contributed by atoms with Gasteiger partial charge in [-0.2, -0.15) is 0 Å². The maximum Gasteiger partial charge on any atom is 0.341 e. The monoisotopic (exact) mass is 361 g/mol. The van der Waals surface area contributed by atoms with Crippen LogP contribution in [0.3, 0.4) is 0 Å². The van der Waals surface area contributed by atoms with Crippen molar-refractivity contribution in [3.63, 3.8) is 0 Å². The van der Waals surface area contributed by atoms with Gasteiger partial charge >= 0.3 is 5.97 Å². The SMILES string of the molecule is COC(=O)c1cc(Br)c(C)c(Cl)c1OCC1CCCN1. The average molecular weight is 363 g/mol. The van der Waals surface area contributed by atoms with Crippen molar-refractivity contribution < 1.29 is 14.3 Å². The molecule has 1 aromatic rings. The summed E-state index contributed by atoms with van der Waals surface area (Å²) in [6, 6.07) is 1.99. The molecule has 0 bridgehead atoms. The van der Waals surface area contributed by atoms with Crippen molar-refractivity contribution in [1.82, 2.24) is 5.32 Å². The van der Waals surface area contributed by atoms with Gasteiger partial charge in [0, 0.05) is 10.5 Å². The lowest BCUT2D eigenvalue weighted by molar-refractivity contribution is 0.0595. The molecule has 0 aromatic heterocycles. The van der Waals surface area contributed by atoms with Gasteiger partial charge in [0.2, 0.25) is 0 Å². The molecule has 0 aliphatic carbocycles. The first-order valence-corrected chi connectivity index (χ1v) is 7.64. The van der Waals surface area contributed by atoms with Crippen molar-refractivity contribution in [3.05, 3.63) is 26.7 Å². The molecule has 0 amide bonds. The highest BCUT2D eigenvalue weighted by Crippen LogP contribution is 2.37. The molecule has 2 rings (SSSR count). The highest BCUT2D eigenvalue weighted by atomic mass is 79.9. The van der Waals surface area contributed by atoms with Crippen molar-refractivity contribution in [1.29, 1.82) is 0 Å². The molecular weight excluding hydrogens is 346 g/mol. The molecule has 6 heteroatoms. The van der Waals surface area contributed by atoms with Gasteiger partial charge in [0.1, 0.15) is 12.2 Å². The van der Waals surface area contributed by atoms with Crippen molar-refractivity contribution in [2.24, 2.45) is 0 Å². The molecule has 1 unspecified atom stereocenters. The molecule has 110 valence electrons. The minimum atomic E-state index is -0.456. The molecule has 0 saturated carbocycles. The Hall–Kier alpha value is -0.780. The molecule has 1 aliphatic heterocycles. The Labute approximate surface area is 131 Å². The number of ether oxygens (including phenoxy) is 2. The molecule has 1 fully saturated rings. The van der Waals surface area contributed by atoms with Crippen LogP contribution in [0, 0.1) is 6.92 Å². The van der Waals surface area contributed by atoms with E-state index in [2.05, 4.69) is 21.2 Å². The summed E-state index contributed by atoms with van der Waals surface area (Å²) >= 11 is 9.69. The number of halogens is 2. The molecular formula is C14H17BrClNO3. The first-order valence-electron chi connectivity index (χ1n) is 6.47. The maximum atomic E-state index is 11.8. The first-order chi connectivity index (χ1) is 9.54. The van der Waals surface area contributed by atoms with E-state index in [0.717, 1.165) is 29.4 Å². The summed E-state index contributed by atoms with van der Waals surface area (Å²) in [4.78, 5) is 11.8. The predicted octanol–water partition coefficient (Wildman–Crippen LogP) is 3.33. The minimum Gasteiger partial charge on any atom is -0.489 e. The molecule has 0 spiro atoms. The molecule has 1 atom stereocenters. The average Bonchev–Trinajstić information content (AvgIpc) is 2.96. The number of nitrogens with one attached hydrogen (secondary N) is 1. The Morgan fingerprint density at radius 3 is 2.95 bits per heavy atom. The van der Waals surface area contributed by atoms with Crippen LogP contribution in [-0.2, 0) is 4.74 Å². The molecule has 1 heterocycles. The second-order valence-corrected chi connectivity index (χ2v) is 6.00. The van der Waals surface area contributed by atoms with E-state index in [9.17, 15) is 4.79 Å². The Bertz CT molecular complexity index is 516. The van der Waals surface area contributed by atoms with Crippen LogP contribution in [0.25, 0.3) is 0 Å². The van der Waals surface area contributed by atoms with E-state index in [-0.39, 0.29) is 0 Å². The molecule has 1 aliphatic rings. The summed E-state index contributed by atoms with van der Waals surface area (Å²) in [6.07, 6.45) is 2.21. The van der Waals surface area contributed by atoms with E-state index < -0.39 is 5.97 Å². The molecule has 1 aromatic carbocycles. The zero-order chi connectivity index (χ0) is 14.7. The van der Waals surface area contributed by atoms with Crippen LogP contribution < -0.4 is 10.1 Å². The number of carbonyl (C=O) groups is 1. The van der Waals surface area contributed by atoms with Crippen molar-refractivity contribution in [2.45, 2.75) is 25.8 Å². The van der Waals surface area contributed by atoms with Gasteiger partial charge in [-0.25, -0.2) is 4.79 Å².